The summed E-state index contributed by atoms with van der Waals surface area (Å²) in [5.41, 5.74) is -0.0465. The van der Waals surface area contributed by atoms with Gasteiger partial charge in [0, 0.05) is 25.6 Å². The van der Waals surface area contributed by atoms with Crippen LogP contribution in [0.5, 0.6) is 0 Å². The number of esters is 2. The summed E-state index contributed by atoms with van der Waals surface area (Å²) < 4.78 is 16.5. The van der Waals surface area contributed by atoms with E-state index >= 15 is 0 Å². The third-order valence-corrected chi connectivity index (χ3v) is 8.46. The number of nitrogens with one attached hydrogen (secondary N) is 1. The van der Waals surface area contributed by atoms with E-state index < -0.39 is 29.3 Å². The highest BCUT2D eigenvalue weighted by molar-refractivity contribution is 5.87. The molecule has 1 aromatic rings. The molecule has 2 aliphatic rings. The van der Waals surface area contributed by atoms with Gasteiger partial charge >= 0.3 is 18.0 Å². The highest BCUT2D eigenvalue weighted by Gasteiger charge is 2.36. The number of nitrogens with zero attached hydrogens (tertiary/aromatic N) is 2. The molecule has 2 saturated heterocycles. The van der Waals surface area contributed by atoms with Gasteiger partial charge in [0.2, 0.25) is 5.91 Å². The van der Waals surface area contributed by atoms with Gasteiger partial charge in [0.25, 0.3) is 0 Å². The number of piperidine rings is 1. The molecular formula is C36H57N3O7. The van der Waals surface area contributed by atoms with E-state index in [-0.39, 0.29) is 37.0 Å². The molecule has 46 heavy (non-hydrogen) atoms. The maximum atomic E-state index is 13.9. The molecule has 2 fully saturated rings. The number of carbonyl (C=O) groups is 4. The number of rotatable bonds is 12. The summed E-state index contributed by atoms with van der Waals surface area (Å²) in [7, 11) is 0. The van der Waals surface area contributed by atoms with Crippen LogP contribution in [-0.2, 0) is 28.6 Å². The lowest BCUT2D eigenvalue weighted by molar-refractivity contribution is -0.159. The summed E-state index contributed by atoms with van der Waals surface area (Å²) >= 11 is 0. The van der Waals surface area contributed by atoms with E-state index in [0.717, 1.165) is 44.1 Å². The van der Waals surface area contributed by atoms with E-state index in [4.69, 9.17) is 14.2 Å². The minimum absolute atomic E-state index is 0.0576. The Morgan fingerprint density at radius 3 is 2.17 bits per heavy atom. The first-order valence-electron chi connectivity index (χ1n) is 17.1. The Labute approximate surface area is 275 Å². The average Bonchev–Trinajstić information content (AvgIpc) is 3.12. The Morgan fingerprint density at radius 2 is 1.57 bits per heavy atom. The zero-order valence-electron chi connectivity index (χ0n) is 29.1. The number of hydrogen-bond donors (Lipinski definition) is 1. The van der Waals surface area contributed by atoms with Gasteiger partial charge in [-0.2, -0.15) is 0 Å². The first-order valence-corrected chi connectivity index (χ1v) is 17.1. The summed E-state index contributed by atoms with van der Waals surface area (Å²) in [6, 6.07) is 8.79. The third kappa shape index (κ3) is 12.6. The van der Waals surface area contributed by atoms with Crippen molar-refractivity contribution in [2.75, 3.05) is 32.8 Å². The van der Waals surface area contributed by atoms with Gasteiger partial charge < -0.3 is 24.0 Å². The van der Waals surface area contributed by atoms with Crippen LogP contribution in [0.3, 0.4) is 0 Å². The van der Waals surface area contributed by atoms with Crippen LogP contribution in [0.15, 0.2) is 30.3 Å². The molecule has 0 spiro atoms. The molecule has 0 radical (unpaired) electrons. The second-order valence-corrected chi connectivity index (χ2v) is 14.7. The molecule has 0 aromatic heterocycles. The van der Waals surface area contributed by atoms with E-state index in [1.807, 2.05) is 59.7 Å². The fourth-order valence-corrected chi connectivity index (χ4v) is 6.25. The van der Waals surface area contributed by atoms with E-state index in [9.17, 15) is 19.2 Å². The standard InChI is InChI=1S/C36H57N3O7/c1-8-44-33(42)30(17-13-12-14-26-20-22-38(23-21-26)34(43)46-36(5,6)7)37-29-19-18-28(27-15-10-9-11-16-27)24-39(32(29)41)25-31(40)45-35(2,3)4/h9-11,15-16,26,28-30,37H,8,12-14,17-25H2,1-7H3/t28?,29?,30-/m0/s1. The van der Waals surface area contributed by atoms with Crippen molar-refractivity contribution in [2.24, 2.45) is 5.92 Å². The van der Waals surface area contributed by atoms with Crippen LogP contribution in [0.4, 0.5) is 4.79 Å². The number of hydrogen-bond acceptors (Lipinski definition) is 8. The largest absolute Gasteiger partial charge is 0.465 e. The molecule has 3 rings (SSSR count). The van der Waals surface area contributed by atoms with Crippen LogP contribution in [0, 0.1) is 5.92 Å². The Morgan fingerprint density at radius 1 is 0.913 bits per heavy atom. The van der Waals surface area contributed by atoms with Gasteiger partial charge in [-0.3, -0.25) is 19.7 Å². The van der Waals surface area contributed by atoms with Gasteiger partial charge in [-0.25, -0.2) is 4.79 Å². The number of carbonyl (C=O) groups excluding carboxylic acids is 4. The normalized spacial score (nSPS) is 20.5. The lowest BCUT2D eigenvalue weighted by atomic mass is 9.91. The number of ether oxygens (including phenoxy) is 3. The van der Waals surface area contributed by atoms with Gasteiger partial charge in [0.1, 0.15) is 23.8 Å². The second kappa shape index (κ2) is 17.1. The highest BCUT2D eigenvalue weighted by Crippen LogP contribution is 2.29. The Balaban J connectivity index is 1.60. The topological polar surface area (TPSA) is 114 Å². The van der Waals surface area contributed by atoms with Crippen molar-refractivity contribution in [3.8, 4) is 0 Å². The fraction of sp³-hybridized carbons (Fsp3) is 0.722. The van der Waals surface area contributed by atoms with Crippen LogP contribution in [0.25, 0.3) is 0 Å². The highest BCUT2D eigenvalue weighted by atomic mass is 16.6. The second-order valence-electron chi connectivity index (χ2n) is 14.7. The lowest BCUT2D eigenvalue weighted by Gasteiger charge is -2.33. The summed E-state index contributed by atoms with van der Waals surface area (Å²) in [4.78, 5) is 55.6. The van der Waals surface area contributed by atoms with Gasteiger partial charge in [0.15, 0.2) is 0 Å². The van der Waals surface area contributed by atoms with Gasteiger partial charge in [-0.15, -0.1) is 0 Å². The zero-order valence-corrected chi connectivity index (χ0v) is 29.1. The van der Waals surface area contributed by atoms with Crippen molar-refractivity contribution < 1.29 is 33.4 Å². The minimum atomic E-state index is -0.660. The average molecular weight is 644 g/mol. The van der Waals surface area contributed by atoms with E-state index in [0.29, 0.717) is 38.4 Å². The molecule has 10 nitrogen and oxygen atoms in total. The molecule has 10 heteroatoms. The molecule has 258 valence electrons. The molecule has 2 amide bonds. The molecule has 1 aromatic carbocycles. The quantitative estimate of drug-likeness (QED) is 0.172. The number of likely N-dealkylation sites (tertiary alicyclic amines) is 2. The lowest BCUT2D eigenvalue weighted by Crippen LogP contribution is -2.52. The molecule has 2 unspecified atom stereocenters. The summed E-state index contributed by atoms with van der Waals surface area (Å²) in [6.45, 7) is 14.7. The van der Waals surface area contributed by atoms with Gasteiger partial charge in [0.05, 0.1) is 12.6 Å². The van der Waals surface area contributed by atoms with Crippen LogP contribution in [0.2, 0.25) is 0 Å². The smallest absolute Gasteiger partial charge is 0.410 e. The summed E-state index contributed by atoms with van der Waals surface area (Å²) in [6.07, 6.45) is 6.20. The Kier molecular flexibility index (Phi) is 13.9. The van der Waals surface area contributed by atoms with Crippen molar-refractivity contribution in [1.29, 1.82) is 0 Å². The Bertz CT molecular complexity index is 1140. The molecule has 1 N–H and O–H groups in total. The van der Waals surface area contributed by atoms with E-state index in [2.05, 4.69) is 17.4 Å². The number of benzene rings is 1. The van der Waals surface area contributed by atoms with Gasteiger partial charge in [-0.05, 0) is 92.1 Å². The Hall–Kier alpha value is -3.14. The molecule has 0 bridgehead atoms. The number of unbranched alkanes of at least 4 members (excludes halogenated alkanes) is 1. The first kappa shape index (κ1) is 37.3. The summed E-state index contributed by atoms with van der Waals surface area (Å²) in [5.74, 6) is -0.430. The molecule has 0 saturated carbocycles. The maximum absolute atomic E-state index is 13.9. The summed E-state index contributed by atoms with van der Waals surface area (Å²) in [5, 5.41) is 3.35. The first-order chi connectivity index (χ1) is 21.6. The molecular weight excluding hydrogens is 586 g/mol. The molecule has 0 aliphatic carbocycles. The van der Waals surface area contributed by atoms with Crippen LogP contribution in [0.1, 0.15) is 111 Å². The zero-order chi connectivity index (χ0) is 33.9. The predicted molar refractivity (Wildman–Crippen MR) is 177 cm³/mol. The van der Waals surface area contributed by atoms with Crippen molar-refractivity contribution in [2.45, 2.75) is 129 Å². The number of amides is 2. The van der Waals surface area contributed by atoms with E-state index in [1.54, 1.807) is 16.7 Å². The van der Waals surface area contributed by atoms with Crippen LogP contribution in [-0.4, -0.2) is 89.8 Å². The fourth-order valence-electron chi connectivity index (χ4n) is 6.25. The van der Waals surface area contributed by atoms with Crippen molar-refractivity contribution in [3.63, 3.8) is 0 Å². The maximum Gasteiger partial charge on any atom is 0.410 e. The monoisotopic (exact) mass is 643 g/mol. The van der Waals surface area contributed by atoms with Crippen molar-refractivity contribution in [3.05, 3.63) is 35.9 Å². The molecule has 2 aliphatic heterocycles. The predicted octanol–water partition coefficient (Wildman–Crippen LogP) is 5.83. The molecule has 2 heterocycles. The SMILES string of the molecule is CCOC(=O)[C@H](CCCCC1CCN(C(=O)OC(C)(C)C)CC1)NC1CCC(c2ccccc2)CN(CC(=O)OC(C)(C)C)C1=O. The minimum Gasteiger partial charge on any atom is -0.465 e. The van der Waals surface area contributed by atoms with Crippen LogP contribution >= 0.6 is 0 Å². The third-order valence-electron chi connectivity index (χ3n) is 8.46. The van der Waals surface area contributed by atoms with E-state index in [1.165, 1.54) is 0 Å². The van der Waals surface area contributed by atoms with Crippen molar-refractivity contribution in [1.82, 2.24) is 15.1 Å². The molecule has 3 atom stereocenters. The van der Waals surface area contributed by atoms with Crippen LogP contribution < -0.4 is 5.32 Å². The van der Waals surface area contributed by atoms with Crippen molar-refractivity contribution >= 4 is 23.9 Å². The van der Waals surface area contributed by atoms with Gasteiger partial charge in [-0.1, -0.05) is 49.6 Å².